The lowest BCUT2D eigenvalue weighted by Crippen LogP contribution is -2.13. The number of amides is 1. The van der Waals surface area contributed by atoms with E-state index in [-0.39, 0.29) is 11.9 Å². The molecule has 0 saturated carbocycles. The second kappa shape index (κ2) is 8.34. The molecule has 5 nitrogen and oxygen atoms in total. The van der Waals surface area contributed by atoms with Crippen LogP contribution in [-0.4, -0.2) is 23.5 Å². The van der Waals surface area contributed by atoms with Gasteiger partial charge in [0.1, 0.15) is 0 Å². The van der Waals surface area contributed by atoms with Gasteiger partial charge in [-0.05, 0) is 63.4 Å². The van der Waals surface area contributed by atoms with Gasteiger partial charge >= 0.3 is 5.97 Å². The summed E-state index contributed by atoms with van der Waals surface area (Å²) in [6.45, 7) is 7.81. The molecular formula is C19H23BrN2O3. The van der Waals surface area contributed by atoms with Crippen molar-refractivity contribution in [3.63, 3.8) is 0 Å². The summed E-state index contributed by atoms with van der Waals surface area (Å²) in [5.41, 5.74) is 4.92. The number of H-pyrrole nitrogens is 1. The maximum Gasteiger partial charge on any atom is 0.340 e. The monoisotopic (exact) mass is 406 g/mol. The number of aryl methyl sites for hydroxylation is 3. The number of esters is 1. The Morgan fingerprint density at radius 3 is 2.60 bits per heavy atom. The molecule has 0 radical (unpaired) electrons. The van der Waals surface area contributed by atoms with Gasteiger partial charge in [0.25, 0.3) is 0 Å². The average Bonchev–Trinajstić information content (AvgIpc) is 2.83. The predicted octanol–water partition coefficient (Wildman–Crippen LogP) is 4.45. The van der Waals surface area contributed by atoms with Crippen molar-refractivity contribution in [1.29, 1.82) is 0 Å². The lowest BCUT2D eigenvalue weighted by molar-refractivity contribution is -0.116. The van der Waals surface area contributed by atoms with Crippen molar-refractivity contribution in [1.82, 2.24) is 4.98 Å². The Balaban J connectivity index is 2.01. The number of halogens is 1. The van der Waals surface area contributed by atoms with Crippen molar-refractivity contribution < 1.29 is 14.3 Å². The van der Waals surface area contributed by atoms with Gasteiger partial charge < -0.3 is 15.0 Å². The molecule has 2 rings (SSSR count). The first-order chi connectivity index (χ1) is 11.8. The number of nitrogens with one attached hydrogen (secondary N) is 2. The Hall–Kier alpha value is -2.08. The summed E-state index contributed by atoms with van der Waals surface area (Å²) < 4.78 is 6.10. The first-order valence-electron chi connectivity index (χ1n) is 8.24. The largest absolute Gasteiger partial charge is 0.462 e. The van der Waals surface area contributed by atoms with E-state index in [0.29, 0.717) is 25.0 Å². The molecule has 0 saturated heterocycles. The van der Waals surface area contributed by atoms with Crippen molar-refractivity contribution in [3.8, 4) is 0 Å². The van der Waals surface area contributed by atoms with E-state index >= 15 is 0 Å². The van der Waals surface area contributed by atoms with Crippen LogP contribution in [-0.2, 0) is 16.0 Å². The molecule has 1 aromatic carbocycles. The second-order valence-corrected chi connectivity index (χ2v) is 6.82. The van der Waals surface area contributed by atoms with Crippen LogP contribution >= 0.6 is 15.9 Å². The molecular weight excluding hydrogens is 384 g/mol. The summed E-state index contributed by atoms with van der Waals surface area (Å²) in [4.78, 5) is 27.4. The predicted molar refractivity (Wildman–Crippen MR) is 102 cm³/mol. The molecule has 0 bridgehead atoms. The zero-order valence-corrected chi connectivity index (χ0v) is 16.5. The Kier molecular flexibility index (Phi) is 6.42. The normalized spacial score (nSPS) is 10.6. The van der Waals surface area contributed by atoms with Crippen molar-refractivity contribution in [2.45, 2.75) is 40.5 Å². The van der Waals surface area contributed by atoms with Gasteiger partial charge in [-0.1, -0.05) is 15.9 Å². The molecule has 134 valence electrons. The Bertz CT molecular complexity index is 796. The molecule has 1 heterocycles. The Morgan fingerprint density at radius 2 is 1.96 bits per heavy atom. The third-order valence-electron chi connectivity index (χ3n) is 4.06. The van der Waals surface area contributed by atoms with Crippen molar-refractivity contribution >= 4 is 33.5 Å². The lowest BCUT2D eigenvalue weighted by Gasteiger charge is -2.07. The number of rotatable bonds is 6. The van der Waals surface area contributed by atoms with Crippen molar-refractivity contribution in [2.24, 2.45) is 0 Å². The minimum Gasteiger partial charge on any atom is -0.462 e. The third-order valence-corrected chi connectivity index (χ3v) is 4.95. The van der Waals surface area contributed by atoms with Crippen LogP contribution in [0.2, 0.25) is 0 Å². The molecule has 25 heavy (non-hydrogen) atoms. The Morgan fingerprint density at radius 1 is 1.24 bits per heavy atom. The number of hydrogen-bond donors (Lipinski definition) is 2. The van der Waals surface area contributed by atoms with Gasteiger partial charge in [-0.25, -0.2) is 4.79 Å². The fourth-order valence-corrected chi connectivity index (χ4v) is 3.01. The summed E-state index contributed by atoms with van der Waals surface area (Å²) in [5, 5.41) is 2.90. The lowest BCUT2D eigenvalue weighted by atomic mass is 10.1. The van der Waals surface area contributed by atoms with E-state index in [9.17, 15) is 9.59 Å². The molecule has 1 amide bonds. The first kappa shape index (κ1) is 19.2. The summed E-state index contributed by atoms with van der Waals surface area (Å²) in [5.74, 6) is -0.388. The van der Waals surface area contributed by atoms with Crippen LogP contribution < -0.4 is 5.32 Å². The SMILES string of the molecule is CCOC(=O)c1c(C)[nH]c(CCC(=O)Nc2ccc(Br)c(C)c2)c1C. The molecule has 0 aliphatic rings. The highest BCUT2D eigenvalue weighted by Gasteiger charge is 2.19. The van der Waals surface area contributed by atoms with Gasteiger partial charge in [-0.3, -0.25) is 4.79 Å². The van der Waals surface area contributed by atoms with Crippen molar-refractivity contribution in [3.05, 3.63) is 50.8 Å². The van der Waals surface area contributed by atoms with E-state index in [1.807, 2.05) is 39.0 Å². The molecule has 2 N–H and O–H groups in total. The number of anilines is 1. The molecule has 1 aromatic heterocycles. The topological polar surface area (TPSA) is 71.2 Å². The van der Waals surface area contributed by atoms with E-state index in [2.05, 4.69) is 26.2 Å². The zero-order valence-electron chi connectivity index (χ0n) is 15.0. The van der Waals surface area contributed by atoms with Crippen LogP contribution in [0, 0.1) is 20.8 Å². The van der Waals surface area contributed by atoms with E-state index < -0.39 is 0 Å². The molecule has 0 unspecified atom stereocenters. The van der Waals surface area contributed by atoms with Crippen LogP contribution in [0.5, 0.6) is 0 Å². The Labute approximate surface area is 156 Å². The molecule has 6 heteroatoms. The van der Waals surface area contributed by atoms with Crippen LogP contribution in [0.3, 0.4) is 0 Å². The van der Waals surface area contributed by atoms with Crippen LogP contribution in [0.1, 0.15) is 46.2 Å². The summed E-state index contributed by atoms with van der Waals surface area (Å²) in [6, 6.07) is 5.69. The van der Waals surface area contributed by atoms with E-state index in [0.717, 1.165) is 32.7 Å². The quantitative estimate of drug-likeness (QED) is 0.695. The highest BCUT2D eigenvalue weighted by Crippen LogP contribution is 2.22. The fourth-order valence-electron chi connectivity index (χ4n) is 2.76. The molecule has 0 fully saturated rings. The van der Waals surface area contributed by atoms with E-state index in [1.54, 1.807) is 6.92 Å². The number of benzene rings is 1. The maximum atomic E-state index is 12.2. The first-order valence-corrected chi connectivity index (χ1v) is 9.04. The number of hydrogen-bond acceptors (Lipinski definition) is 3. The number of ether oxygens (including phenoxy) is 1. The molecule has 0 atom stereocenters. The minimum atomic E-state index is -0.324. The van der Waals surface area contributed by atoms with Gasteiger partial charge in [0.2, 0.25) is 5.91 Å². The van der Waals surface area contributed by atoms with Gasteiger partial charge in [0, 0.05) is 28.0 Å². The number of carbonyl (C=O) groups excluding carboxylic acids is 2. The minimum absolute atomic E-state index is 0.0638. The summed E-state index contributed by atoms with van der Waals surface area (Å²) in [6.07, 6.45) is 0.867. The molecule has 2 aromatic rings. The smallest absolute Gasteiger partial charge is 0.340 e. The highest BCUT2D eigenvalue weighted by atomic mass is 79.9. The van der Waals surface area contributed by atoms with Crippen LogP contribution in [0.25, 0.3) is 0 Å². The number of aromatic nitrogens is 1. The van der Waals surface area contributed by atoms with Crippen LogP contribution in [0.15, 0.2) is 22.7 Å². The van der Waals surface area contributed by atoms with E-state index in [4.69, 9.17) is 4.74 Å². The maximum absolute atomic E-state index is 12.2. The highest BCUT2D eigenvalue weighted by molar-refractivity contribution is 9.10. The van der Waals surface area contributed by atoms with E-state index in [1.165, 1.54) is 0 Å². The second-order valence-electron chi connectivity index (χ2n) is 5.96. The fraction of sp³-hybridized carbons (Fsp3) is 0.368. The molecule has 0 spiro atoms. The van der Waals surface area contributed by atoms with Crippen molar-refractivity contribution in [2.75, 3.05) is 11.9 Å². The summed E-state index contributed by atoms with van der Waals surface area (Å²) in [7, 11) is 0. The number of carbonyl (C=O) groups is 2. The molecule has 0 aliphatic heterocycles. The standard InChI is InChI=1S/C19H23BrN2O3/c1-5-25-19(24)18-12(3)16(21-13(18)4)8-9-17(23)22-14-6-7-15(20)11(2)10-14/h6-7,10,21H,5,8-9H2,1-4H3,(H,22,23). The van der Waals surface area contributed by atoms with Gasteiger partial charge in [0.05, 0.1) is 12.2 Å². The van der Waals surface area contributed by atoms with Gasteiger partial charge in [-0.2, -0.15) is 0 Å². The van der Waals surface area contributed by atoms with Crippen LogP contribution in [0.4, 0.5) is 5.69 Å². The average molecular weight is 407 g/mol. The molecule has 0 aliphatic carbocycles. The van der Waals surface area contributed by atoms with Gasteiger partial charge in [-0.15, -0.1) is 0 Å². The third kappa shape index (κ3) is 4.72. The van der Waals surface area contributed by atoms with Gasteiger partial charge in [0.15, 0.2) is 0 Å². The number of aromatic amines is 1. The zero-order chi connectivity index (χ0) is 18.6. The summed E-state index contributed by atoms with van der Waals surface area (Å²) >= 11 is 3.44.